The summed E-state index contributed by atoms with van der Waals surface area (Å²) in [6, 6.07) is 10.1. The van der Waals surface area contributed by atoms with Gasteiger partial charge in [-0.05, 0) is 43.2 Å². The summed E-state index contributed by atoms with van der Waals surface area (Å²) >= 11 is 0. The van der Waals surface area contributed by atoms with Gasteiger partial charge in [0.2, 0.25) is 5.91 Å². The second-order valence-electron chi connectivity index (χ2n) is 9.78. The quantitative estimate of drug-likeness (QED) is 0.582. The molecule has 0 bridgehead atoms. The number of amides is 2. The smallest absolute Gasteiger partial charge is 0.370 e. The van der Waals surface area contributed by atoms with Crippen molar-refractivity contribution in [3.8, 4) is 0 Å². The third-order valence-corrected chi connectivity index (χ3v) is 7.38. The maximum atomic E-state index is 13.8. The molecule has 0 radical (unpaired) electrons. The van der Waals surface area contributed by atoms with E-state index < -0.39 is 40.5 Å². The van der Waals surface area contributed by atoms with E-state index in [1.54, 1.807) is 4.90 Å². The second-order valence-corrected chi connectivity index (χ2v) is 9.78. The molecular formula is C26H25F6N5O2. The molecular weight excluding hydrogens is 528 g/mol. The summed E-state index contributed by atoms with van der Waals surface area (Å²) < 4.78 is 79.9. The zero-order chi connectivity index (χ0) is 28.0. The lowest BCUT2D eigenvalue weighted by Crippen LogP contribution is -2.57. The van der Waals surface area contributed by atoms with Crippen LogP contribution in [0.4, 0.5) is 32.0 Å². The number of likely N-dealkylation sites (tertiary alicyclic amines) is 1. The van der Waals surface area contributed by atoms with Crippen LogP contribution in [0.25, 0.3) is 0 Å². The maximum absolute atomic E-state index is 13.8. The molecule has 2 saturated heterocycles. The Morgan fingerprint density at radius 3 is 2.10 bits per heavy atom. The van der Waals surface area contributed by atoms with E-state index in [0.717, 1.165) is 5.69 Å². The fourth-order valence-corrected chi connectivity index (χ4v) is 5.40. The van der Waals surface area contributed by atoms with E-state index in [2.05, 4.69) is 10.3 Å². The van der Waals surface area contributed by atoms with Crippen LogP contribution in [0.3, 0.4) is 0 Å². The molecule has 0 atom stereocenters. The summed E-state index contributed by atoms with van der Waals surface area (Å²) in [5.74, 6) is -0.404. The molecule has 0 unspecified atom stereocenters. The zero-order valence-corrected chi connectivity index (χ0v) is 20.6. The second kappa shape index (κ2) is 9.76. The minimum Gasteiger partial charge on any atom is -0.370 e. The van der Waals surface area contributed by atoms with Crippen LogP contribution in [0, 0.1) is 0 Å². The van der Waals surface area contributed by atoms with Gasteiger partial charge in [-0.1, -0.05) is 18.2 Å². The molecule has 1 N–H and O–H groups in total. The standard InChI is InChI=1S/C26H25F6N5O2/c27-25(28,29)18-12-17(13-19(14-18)26(30,31)32)22(38)35-10-6-24(7-11-35)23(39)36(15-21-33-8-9-34-21)16-37(24)20-4-2-1-3-5-20/h1-5,12-14H,6-11,15-16H2,(H,33,34). The van der Waals surface area contributed by atoms with Gasteiger partial charge in [0, 0.05) is 30.9 Å². The molecule has 1 spiro atoms. The summed E-state index contributed by atoms with van der Waals surface area (Å²) in [5.41, 5.74) is -4.01. The molecule has 0 saturated carbocycles. The zero-order valence-electron chi connectivity index (χ0n) is 20.6. The molecule has 13 heteroatoms. The number of aliphatic imine (C=N–C) groups is 1. The molecule has 2 amide bonds. The molecule has 5 rings (SSSR count). The van der Waals surface area contributed by atoms with Gasteiger partial charge in [-0.15, -0.1) is 0 Å². The third-order valence-electron chi connectivity index (χ3n) is 7.38. The van der Waals surface area contributed by atoms with Crippen LogP contribution in [0.2, 0.25) is 0 Å². The highest BCUT2D eigenvalue weighted by Crippen LogP contribution is 2.41. The molecule has 3 aliphatic heterocycles. The number of nitrogens with zero attached hydrogens (tertiary/aromatic N) is 4. The molecule has 0 aromatic heterocycles. The monoisotopic (exact) mass is 553 g/mol. The van der Waals surface area contributed by atoms with E-state index in [4.69, 9.17) is 0 Å². The highest BCUT2D eigenvalue weighted by molar-refractivity contribution is 5.98. The first-order valence-electron chi connectivity index (χ1n) is 12.4. The van der Waals surface area contributed by atoms with Crippen LogP contribution in [0.15, 0.2) is 53.5 Å². The Labute approximate surface area is 220 Å². The number of nitrogens with one attached hydrogen (secondary N) is 1. The number of para-hydroxylation sites is 1. The number of halogens is 6. The van der Waals surface area contributed by atoms with E-state index in [0.29, 0.717) is 31.1 Å². The molecule has 2 fully saturated rings. The van der Waals surface area contributed by atoms with Crippen molar-refractivity contribution in [2.45, 2.75) is 30.7 Å². The molecule has 208 valence electrons. The van der Waals surface area contributed by atoms with Crippen LogP contribution < -0.4 is 10.2 Å². The van der Waals surface area contributed by atoms with Crippen LogP contribution in [0.5, 0.6) is 0 Å². The van der Waals surface area contributed by atoms with Gasteiger partial charge in [0.15, 0.2) is 0 Å². The number of rotatable bonds is 4. The van der Waals surface area contributed by atoms with Crippen molar-refractivity contribution in [1.29, 1.82) is 0 Å². The van der Waals surface area contributed by atoms with Crippen molar-refractivity contribution < 1.29 is 35.9 Å². The fraction of sp³-hybridized carbons (Fsp3) is 0.423. The van der Waals surface area contributed by atoms with Gasteiger partial charge < -0.3 is 20.0 Å². The van der Waals surface area contributed by atoms with Gasteiger partial charge in [-0.25, -0.2) is 0 Å². The van der Waals surface area contributed by atoms with Crippen LogP contribution in [-0.4, -0.2) is 72.4 Å². The van der Waals surface area contributed by atoms with Gasteiger partial charge >= 0.3 is 12.4 Å². The van der Waals surface area contributed by atoms with E-state index in [9.17, 15) is 35.9 Å². The summed E-state index contributed by atoms with van der Waals surface area (Å²) in [7, 11) is 0. The van der Waals surface area contributed by atoms with Crippen molar-refractivity contribution in [3.05, 3.63) is 65.2 Å². The van der Waals surface area contributed by atoms with Gasteiger partial charge in [0.05, 0.1) is 30.9 Å². The number of carbonyl (C=O) groups excluding carboxylic acids is 2. The van der Waals surface area contributed by atoms with Crippen LogP contribution in [-0.2, 0) is 17.1 Å². The van der Waals surface area contributed by atoms with Crippen molar-refractivity contribution in [1.82, 2.24) is 15.1 Å². The van der Waals surface area contributed by atoms with Crippen molar-refractivity contribution in [2.75, 3.05) is 44.3 Å². The Kier molecular flexibility index (Phi) is 6.71. The van der Waals surface area contributed by atoms with Gasteiger partial charge in [0.25, 0.3) is 5.91 Å². The lowest BCUT2D eigenvalue weighted by molar-refractivity contribution is -0.143. The summed E-state index contributed by atoms with van der Waals surface area (Å²) in [6.45, 7) is 1.84. The Bertz CT molecular complexity index is 1250. The fourth-order valence-electron chi connectivity index (χ4n) is 5.40. The number of carbonyl (C=O) groups is 2. The predicted molar refractivity (Wildman–Crippen MR) is 130 cm³/mol. The first kappa shape index (κ1) is 26.8. The Balaban J connectivity index is 1.40. The molecule has 7 nitrogen and oxygen atoms in total. The lowest BCUT2D eigenvalue weighted by atomic mass is 9.85. The van der Waals surface area contributed by atoms with Crippen molar-refractivity contribution in [3.63, 3.8) is 0 Å². The summed E-state index contributed by atoms with van der Waals surface area (Å²) in [6.07, 6.45) is -9.80. The van der Waals surface area contributed by atoms with E-state index in [1.807, 2.05) is 35.2 Å². The summed E-state index contributed by atoms with van der Waals surface area (Å²) in [4.78, 5) is 36.1. The highest BCUT2D eigenvalue weighted by Gasteiger charge is 2.54. The minimum atomic E-state index is -5.06. The van der Waals surface area contributed by atoms with Crippen molar-refractivity contribution in [2.24, 2.45) is 4.99 Å². The highest BCUT2D eigenvalue weighted by atomic mass is 19.4. The van der Waals surface area contributed by atoms with Gasteiger partial charge in [-0.3, -0.25) is 14.6 Å². The number of hydrogen-bond acceptors (Lipinski definition) is 5. The number of benzene rings is 2. The molecule has 39 heavy (non-hydrogen) atoms. The molecule has 2 aromatic carbocycles. The normalized spacial score (nSPS) is 19.5. The number of amidine groups is 1. The molecule has 0 aliphatic carbocycles. The minimum absolute atomic E-state index is 0.00496. The molecule has 3 aliphatic rings. The number of hydrogen-bond donors (Lipinski definition) is 1. The van der Waals surface area contributed by atoms with Gasteiger partial charge in [-0.2, -0.15) is 26.3 Å². The Morgan fingerprint density at radius 1 is 0.949 bits per heavy atom. The third kappa shape index (κ3) is 5.13. The number of alkyl halides is 6. The first-order valence-corrected chi connectivity index (χ1v) is 12.4. The van der Waals surface area contributed by atoms with Crippen molar-refractivity contribution >= 4 is 23.3 Å². The van der Waals surface area contributed by atoms with E-state index >= 15 is 0 Å². The average Bonchev–Trinajstić information content (AvgIpc) is 3.51. The first-order chi connectivity index (χ1) is 18.4. The lowest BCUT2D eigenvalue weighted by Gasteiger charge is -2.43. The predicted octanol–water partition coefficient (Wildman–Crippen LogP) is 4.01. The molecule has 3 heterocycles. The van der Waals surface area contributed by atoms with E-state index in [1.165, 1.54) is 4.90 Å². The Hall–Kier alpha value is -3.77. The Morgan fingerprint density at radius 2 is 1.56 bits per heavy atom. The molecule has 2 aromatic rings. The largest absolute Gasteiger partial charge is 0.416 e. The summed E-state index contributed by atoms with van der Waals surface area (Å²) in [5, 5.41) is 3.14. The SMILES string of the molecule is O=C(c1cc(C(F)(F)F)cc(C(F)(F)F)c1)N1CCC2(CC1)C(=O)N(CC1=NCCN1)CN2c1ccccc1. The number of anilines is 1. The number of piperidine rings is 1. The maximum Gasteiger partial charge on any atom is 0.416 e. The van der Waals surface area contributed by atoms with Crippen LogP contribution in [0.1, 0.15) is 34.3 Å². The average molecular weight is 554 g/mol. The topological polar surface area (TPSA) is 68.2 Å². The van der Waals surface area contributed by atoms with E-state index in [-0.39, 0.29) is 51.1 Å². The van der Waals surface area contributed by atoms with Crippen LogP contribution >= 0.6 is 0 Å². The van der Waals surface area contributed by atoms with Gasteiger partial charge in [0.1, 0.15) is 11.4 Å².